The highest BCUT2D eigenvalue weighted by atomic mass is 16.5. The first-order chi connectivity index (χ1) is 9.29. The van der Waals surface area contributed by atoms with Crippen LogP contribution in [0.3, 0.4) is 0 Å². The van der Waals surface area contributed by atoms with Crippen molar-refractivity contribution in [3.05, 3.63) is 42.5 Å². The van der Waals surface area contributed by atoms with Crippen molar-refractivity contribution in [2.24, 2.45) is 0 Å². The number of pyridine rings is 1. The summed E-state index contributed by atoms with van der Waals surface area (Å²) >= 11 is 0. The van der Waals surface area contributed by atoms with Crippen LogP contribution in [0, 0.1) is 0 Å². The third-order valence-corrected chi connectivity index (χ3v) is 2.52. The normalized spacial score (nSPS) is 9.95. The number of rotatable bonds is 6. The van der Waals surface area contributed by atoms with Crippen LogP contribution < -0.4 is 20.5 Å². The van der Waals surface area contributed by atoms with E-state index in [1.807, 2.05) is 36.4 Å². The molecule has 0 saturated carbocycles. The van der Waals surface area contributed by atoms with Gasteiger partial charge in [0.2, 0.25) is 5.88 Å². The van der Waals surface area contributed by atoms with Gasteiger partial charge in [-0.25, -0.2) is 0 Å². The van der Waals surface area contributed by atoms with Gasteiger partial charge in [-0.15, -0.1) is 0 Å². The van der Waals surface area contributed by atoms with E-state index < -0.39 is 0 Å². The van der Waals surface area contributed by atoms with Crippen LogP contribution in [0.5, 0.6) is 11.6 Å². The first-order valence-corrected chi connectivity index (χ1v) is 6.02. The smallest absolute Gasteiger partial charge is 0.214 e. The highest BCUT2D eigenvalue weighted by Gasteiger charge is 1.99. The van der Waals surface area contributed by atoms with Crippen LogP contribution in [0.1, 0.15) is 0 Å². The van der Waals surface area contributed by atoms with E-state index in [0.29, 0.717) is 30.5 Å². The minimum absolute atomic E-state index is 0.507. The molecule has 0 saturated heterocycles. The molecule has 0 unspecified atom stereocenters. The van der Waals surface area contributed by atoms with Crippen LogP contribution in [0.25, 0.3) is 0 Å². The number of nitrogen functional groups attached to an aromatic ring is 1. The van der Waals surface area contributed by atoms with E-state index in [9.17, 15) is 0 Å². The molecule has 0 aliphatic carbocycles. The van der Waals surface area contributed by atoms with Gasteiger partial charge in [0.25, 0.3) is 0 Å². The minimum atomic E-state index is 0.507. The molecule has 19 heavy (non-hydrogen) atoms. The molecule has 0 atom stereocenters. The van der Waals surface area contributed by atoms with E-state index in [-0.39, 0.29) is 0 Å². The lowest BCUT2D eigenvalue weighted by Crippen LogP contribution is -2.13. The van der Waals surface area contributed by atoms with Crippen LogP contribution >= 0.6 is 0 Å². The Morgan fingerprint density at radius 2 is 2.00 bits per heavy atom. The van der Waals surface area contributed by atoms with Gasteiger partial charge in [0.05, 0.1) is 19.3 Å². The summed E-state index contributed by atoms with van der Waals surface area (Å²) in [7, 11) is 1.59. The minimum Gasteiger partial charge on any atom is -0.490 e. The Morgan fingerprint density at radius 3 is 2.79 bits per heavy atom. The standard InChI is InChI=1S/C14H17N3O2/c1-18-14-8-4-7-13(17-14)16-9-10-19-12-6-3-2-5-11(12)15/h2-8H,9-10,15H2,1H3,(H,16,17). The SMILES string of the molecule is COc1cccc(NCCOc2ccccc2N)n1. The van der Waals surface area contributed by atoms with E-state index in [1.54, 1.807) is 13.2 Å². The number of ether oxygens (including phenoxy) is 2. The van der Waals surface area contributed by atoms with Crippen molar-refractivity contribution >= 4 is 11.5 Å². The summed E-state index contributed by atoms with van der Waals surface area (Å²) in [5, 5.41) is 3.15. The fourth-order valence-corrected chi connectivity index (χ4v) is 1.58. The summed E-state index contributed by atoms with van der Waals surface area (Å²) in [5.41, 5.74) is 6.42. The highest BCUT2D eigenvalue weighted by molar-refractivity contribution is 5.51. The lowest BCUT2D eigenvalue weighted by atomic mass is 10.3. The number of nitrogens with one attached hydrogen (secondary N) is 1. The van der Waals surface area contributed by atoms with Gasteiger partial charge in [-0.3, -0.25) is 0 Å². The Morgan fingerprint density at radius 1 is 1.16 bits per heavy atom. The van der Waals surface area contributed by atoms with Gasteiger partial charge < -0.3 is 20.5 Å². The van der Waals surface area contributed by atoms with E-state index in [0.717, 1.165) is 5.82 Å². The number of aromatic nitrogens is 1. The first kappa shape index (κ1) is 13.0. The molecular formula is C14H17N3O2. The lowest BCUT2D eigenvalue weighted by Gasteiger charge is -2.10. The third-order valence-electron chi connectivity index (χ3n) is 2.52. The van der Waals surface area contributed by atoms with E-state index in [1.165, 1.54) is 0 Å². The van der Waals surface area contributed by atoms with Crippen molar-refractivity contribution in [1.29, 1.82) is 0 Å². The third kappa shape index (κ3) is 3.77. The van der Waals surface area contributed by atoms with Gasteiger partial charge in [-0.05, 0) is 18.2 Å². The van der Waals surface area contributed by atoms with Crippen LogP contribution in [0.2, 0.25) is 0 Å². The molecular weight excluding hydrogens is 242 g/mol. The number of methoxy groups -OCH3 is 1. The number of nitrogens with two attached hydrogens (primary N) is 1. The Hall–Kier alpha value is -2.43. The molecule has 2 aromatic rings. The van der Waals surface area contributed by atoms with Gasteiger partial charge in [0, 0.05) is 6.07 Å². The predicted molar refractivity (Wildman–Crippen MR) is 75.6 cm³/mol. The number of hydrogen-bond donors (Lipinski definition) is 2. The van der Waals surface area contributed by atoms with Crippen LogP contribution in [-0.4, -0.2) is 25.2 Å². The molecule has 0 aliphatic heterocycles. The van der Waals surface area contributed by atoms with Crippen molar-refractivity contribution < 1.29 is 9.47 Å². The zero-order valence-corrected chi connectivity index (χ0v) is 10.8. The van der Waals surface area contributed by atoms with Crippen molar-refractivity contribution in [3.63, 3.8) is 0 Å². The molecule has 1 heterocycles. The molecule has 1 aromatic carbocycles. The molecule has 0 radical (unpaired) electrons. The molecule has 0 aliphatic rings. The lowest BCUT2D eigenvalue weighted by molar-refractivity contribution is 0.334. The van der Waals surface area contributed by atoms with E-state index >= 15 is 0 Å². The number of para-hydroxylation sites is 2. The maximum atomic E-state index is 5.78. The molecule has 0 spiro atoms. The molecule has 5 heteroatoms. The molecule has 1 aromatic heterocycles. The average molecular weight is 259 g/mol. The van der Waals surface area contributed by atoms with Gasteiger partial charge in [-0.1, -0.05) is 18.2 Å². The molecule has 2 rings (SSSR count). The van der Waals surface area contributed by atoms with Gasteiger partial charge in [-0.2, -0.15) is 4.98 Å². The Labute approximate surface area is 112 Å². The average Bonchev–Trinajstić information content (AvgIpc) is 2.45. The monoisotopic (exact) mass is 259 g/mol. The largest absolute Gasteiger partial charge is 0.490 e. The van der Waals surface area contributed by atoms with E-state index in [2.05, 4.69) is 10.3 Å². The zero-order valence-electron chi connectivity index (χ0n) is 10.8. The summed E-state index contributed by atoms with van der Waals surface area (Å²) in [6, 6.07) is 13.0. The predicted octanol–water partition coefficient (Wildman–Crippen LogP) is 2.16. The number of hydrogen-bond acceptors (Lipinski definition) is 5. The zero-order chi connectivity index (χ0) is 13.5. The number of nitrogens with zero attached hydrogens (tertiary/aromatic N) is 1. The first-order valence-electron chi connectivity index (χ1n) is 6.02. The Kier molecular flexibility index (Phi) is 4.44. The van der Waals surface area contributed by atoms with Gasteiger partial charge >= 0.3 is 0 Å². The summed E-state index contributed by atoms with van der Waals surface area (Å²) in [6.07, 6.45) is 0. The topological polar surface area (TPSA) is 69.4 Å². The second-order valence-electron chi connectivity index (χ2n) is 3.88. The van der Waals surface area contributed by atoms with Gasteiger partial charge in [0.1, 0.15) is 18.2 Å². The molecule has 0 bridgehead atoms. The van der Waals surface area contributed by atoms with Crippen LogP contribution in [-0.2, 0) is 0 Å². The van der Waals surface area contributed by atoms with Crippen LogP contribution in [0.15, 0.2) is 42.5 Å². The molecule has 100 valence electrons. The fraction of sp³-hybridized carbons (Fsp3) is 0.214. The molecule has 0 fully saturated rings. The number of anilines is 2. The Balaban J connectivity index is 1.79. The molecule has 0 amide bonds. The van der Waals surface area contributed by atoms with Crippen molar-refractivity contribution in [1.82, 2.24) is 4.98 Å². The second-order valence-corrected chi connectivity index (χ2v) is 3.88. The van der Waals surface area contributed by atoms with Gasteiger partial charge in [0.15, 0.2) is 0 Å². The summed E-state index contributed by atoms with van der Waals surface area (Å²) in [5.74, 6) is 2.03. The quantitative estimate of drug-likeness (QED) is 0.614. The summed E-state index contributed by atoms with van der Waals surface area (Å²) in [6.45, 7) is 1.14. The van der Waals surface area contributed by atoms with Crippen molar-refractivity contribution in [2.75, 3.05) is 31.3 Å². The summed E-state index contributed by atoms with van der Waals surface area (Å²) in [4.78, 5) is 4.24. The maximum absolute atomic E-state index is 5.78. The Bertz CT molecular complexity index is 532. The van der Waals surface area contributed by atoms with Crippen molar-refractivity contribution in [3.8, 4) is 11.6 Å². The molecule has 3 N–H and O–H groups in total. The van der Waals surface area contributed by atoms with E-state index in [4.69, 9.17) is 15.2 Å². The summed E-state index contributed by atoms with van der Waals surface area (Å²) < 4.78 is 10.6. The highest BCUT2D eigenvalue weighted by Crippen LogP contribution is 2.19. The fourth-order valence-electron chi connectivity index (χ4n) is 1.58. The van der Waals surface area contributed by atoms with Crippen LogP contribution in [0.4, 0.5) is 11.5 Å². The second kappa shape index (κ2) is 6.49. The van der Waals surface area contributed by atoms with Crippen molar-refractivity contribution in [2.45, 2.75) is 0 Å². The maximum Gasteiger partial charge on any atom is 0.214 e. The number of benzene rings is 1. The molecule has 5 nitrogen and oxygen atoms in total.